The first-order chi connectivity index (χ1) is 7.25. The summed E-state index contributed by atoms with van der Waals surface area (Å²) >= 11 is 0. The number of rotatable bonds is 2. The maximum Gasteiger partial charge on any atom is 0.328 e. The number of pyridine rings is 1. The zero-order valence-corrected chi connectivity index (χ0v) is 7.92. The lowest BCUT2D eigenvalue weighted by molar-refractivity contribution is -0.131. The van der Waals surface area contributed by atoms with Gasteiger partial charge in [-0.1, -0.05) is 18.2 Å². The largest absolute Gasteiger partial charge is 0.478 e. The molecule has 0 radical (unpaired) electrons. The van der Waals surface area contributed by atoms with Crippen molar-refractivity contribution in [2.75, 3.05) is 0 Å². The third-order valence-electron chi connectivity index (χ3n) is 2.05. The van der Waals surface area contributed by atoms with E-state index in [1.807, 2.05) is 30.3 Å². The summed E-state index contributed by atoms with van der Waals surface area (Å²) in [6.45, 7) is 0. The Hall–Kier alpha value is -2.16. The molecule has 0 unspecified atom stereocenters. The van der Waals surface area contributed by atoms with Crippen LogP contribution in [0, 0.1) is 0 Å². The SMILES string of the molecule is O=C(O)/C=C/c1ccc2cccnc2c1. The summed E-state index contributed by atoms with van der Waals surface area (Å²) in [5, 5.41) is 9.53. The maximum absolute atomic E-state index is 10.3. The van der Waals surface area contributed by atoms with Crippen molar-refractivity contribution in [1.29, 1.82) is 0 Å². The number of hydrogen-bond acceptors (Lipinski definition) is 2. The Labute approximate surface area is 86.7 Å². The Bertz CT molecular complexity index is 532. The van der Waals surface area contributed by atoms with Gasteiger partial charge in [0.05, 0.1) is 5.52 Å². The van der Waals surface area contributed by atoms with E-state index < -0.39 is 5.97 Å². The highest BCUT2D eigenvalue weighted by atomic mass is 16.4. The van der Waals surface area contributed by atoms with Crippen molar-refractivity contribution in [3.63, 3.8) is 0 Å². The van der Waals surface area contributed by atoms with E-state index >= 15 is 0 Å². The van der Waals surface area contributed by atoms with Gasteiger partial charge in [-0.15, -0.1) is 0 Å². The number of nitrogens with zero attached hydrogens (tertiary/aromatic N) is 1. The van der Waals surface area contributed by atoms with Crippen molar-refractivity contribution in [1.82, 2.24) is 4.98 Å². The van der Waals surface area contributed by atoms with Gasteiger partial charge in [-0.05, 0) is 23.8 Å². The number of fused-ring (bicyclic) bond motifs is 1. The molecule has 1 N–H and O–H groups in total. The average molecular weight is 199 g/mol. The molecule has 2 rings (SSSR count). The summed E-state index contributed by atoms with van der Waals surface area (Å²) in [5.74, 6) is -0.948. The minimum absolute atomic E-state index is 0.837. The van der Waals surface area contributed by atoms with Crippen LogP contribution in [0.4, 0.5) is 0 Å². The van der Waals surface area contributed by atoms with Gasteiger partial charge >= 0.3 is 5.97 Å². The van der Waals surface area contributed by atoms with E-state index in [1.165, 1.54) is 0 Å². The molecule has 2 aromatic rings. The molecule has 0 aliphatic rings. The summed E-state index contributed by atoms with van der Waals surface area (Å²) in [5.41, 5.74) is 1.70. The quantitative estimate of drug-likeness (QED) is 0.755. The summed E-state index contributed by atoms with van der Waals surface area (Å²) in [6, 6.07) is 9.48. The summed E-state index contributed by atoms with van der Waals surface area (Å²) in [4.78, 5) is 14.5. The lowest BCUT2D eigenvalue weighted by Gasteiger charge is -1.97. The highest BCUT2D eigenvalue weighted by Gasteiger charge is 1.94. The third kappa shape index (κ3) is 2.20. The van der Waals surface area contributed by atoms with Gasteiger partial charge in [0.25, 0.3) is 0 Å². The fourth-order valence-electron chi connectivity index (χ4n) is 1.35. The molecule has 0 aliphatic carbocycles. The molecule has 1 aromatic carbocycles. The number of aliphatic carboxylic acids is 1. The smallest absolute Gasteiger partial charge is 0.328 e. The second-order valence-corrected chi connectivity index (χ2v) is 3.13. The number of carboxylic acids is 1. The minimum atomic E-state index is -0.948. The maximum atomic E-state index is 10.3. The van der Waals surface area contributed by atoms with Crippen molar-refractivity contribution >= 4 is 22.9 Å². The van der Waals surface area contributed by atoms with E-state index in [9.17, 15) is 4.79 Å². The van der Waals surface area contributed by atoms with Crippen molar-refractivity contribution in [3.05, 3.63) is 48.2 Å². The molecule has 1 heterocycles. The van der Waals surface area contributed by atoms with Gasteiger partial charge in [-0.3, -0.25) is 4.98 Å². The van der Waals surface area contributed by atoms with Gasteiger partial charge in [0.2, 0.25) is 0 Å². The van der Waals surface area contributed by atoms with Crippen molar-refractivity contribution in [3.8, 4) is 0 Å². The molecular weight excluding hydrogens is 190 g/mol. The number of aromatic nitrogens is 1. The zero-order valence-electron chi connectivity index (χ0n) is 7.92. The van der Waals surface area contributed by atoms with Crippen LogP contribution in [0.25, 0.3) is 17.0 Å². The van der Waals surface area contributed by atoms with Crippen molar-refractivity contribution in [2.45, 2.75) is 0 Å². The second kappa shape index (κ2) is 3.92. The fraction of sp³-hybridized carbons (Fsp3) is 0. The molecule has 3 nitrogen and oxygen atoms in total. The standard InChI is InChI=1S/C12H9NO2/c14-12(15)6-4-9-3-5-10-2-1-7-13-11(10)8-9/h1-8H,(H,14,15)/b6-4+. The van der Waals surface area contributed by atoms with E-state index in [1.54, 1.807) is 12.3 Å². The van der Waals surface area contributed by atoms with Crippen LogP contribution < -0.4 is 0 Å². The van der Waals surface area contributed by atoms with Crippen LogP contribution in [0.3, 0.4) is 0 Å². The van der Waals surface area contributed by atoms with E-state index in [0.29, 0.717) is 0 Å². The molecule has 15 heavy (non-hydrogen) atoms. The second-order valence-electron chi connectivity index (χ2n) is 3.13. The molecule has 0 saturated carbocycles. The summed E-state index contributed by atoms with van der Waals surface area (Å²) in [6.07, 6.45) is 4.38. The van der Waals surface area contributed by atoms with Crippen LogP contribution in [0.1, 0.15) is 5.56 Å². The van der Waals surface area contributed by atoms with Crippen LogP contribution in [-0.2, 0) is 4.79 Å². The molecule has 0 saturated heterocycles. The molecule has 74 valence electrons. The highest BCUT2D eigenvalue weighted by Crippen LogP contribution is 2.13. The lowest BCUT2D eigenvalue weighted by atomic mass is 10.1. The normalized spacial score (nSPS) is 10.9. The van der Waals surface area contributed by atoms with E-state index in [4.69, 9.17) is 5.11 Å². The Balaban J connectivity index is 2.43. The topological polar surface area (TPSA) is 50.2 Å². The first-order valence-corrected chi connectivity index (χ1v) is 4.51. The number of carbonyl (C=O) groups is 1. The minimum Gasteiger partial charge on any atom is -0.478 e. The fourth-order valence-corrected chi connectivity index (χ4v) is 1.35. The van der Waals surface area contributed by atoms with Gasteiger partial charge in [-0.2, -0.15) is 0 Å². The first kappa shape index (κ1) is 9.40. The highest BCUT2D eigenvalue weighted by molar-refractivity contribution is 5.87. The lowest BCUT2D eigenvalue weighted by Crippen LogP contribution is -1.86. The van der Waals surface area contributed by atoms with Gasteiger partial charge in [-0.25, -0.2) is 4.79 Å². The molecule has 0 aliphatic heterocycles. The van der Waals surface area contributed by atoms with Gasteiger partial charge in [0, 0.05) is 17.7 Å². The average Bonchev–Trinajstić information content (AvgIpc) is 2.26. The molecule has 1 aromatic heterocycles. The summed E-state index contributed by atoms with van der Waals surface area (Å²) in [7, 11) is 0. The van der Waals surface area contributed by atoms with Crippen LogP contribution >= 0.6 is 0 Å². The van der Waals surface area contributed by atoms with Crippen LogP contribution in [0.5, 0.6) is 0 Å². The molecule has 0 spiro atoms. The Morgan fingerprint density at radius 3 is 3.00 bits per heavy atom. The molecule has 0 fully saturated rings. The van der Waals surface area contributed by atoms with Gasteiger partial charge < -0.3 is 5.11 Å². The van der Waals surface area contributed by atoms with E-state index in [0.717, 1.165) is 22.5 Å². The van der Waals surface area contributed by atoms with Crippen LogP contribution in [-0.4, -0.2) is 16.1 Å². The zero-order chi connectivity index (χ0) is 10.7. The van der Waals surface area contributed by atoms with Gasteiger partial charge in [0.15, 0.2) is 0 Å². The molecule has 0 amide bonds. The Morgan fingerprint density at radius 1 is 1.33 bits per heavy atom. The molecule has 0 bridgehead atoms. The molecule has 3 heteroatoms. The van der Waals surface area contributed by atoms with E-state index in [-0.39, 0.29) is 0 Å². The predicted octanol–water partition coefficient (Wildman–Crippen LogP) is 2.33. The third-order valence-corrected chi connectivity index (χ3v) is 2.05. The van der Waals surface area contributed by atoms with Crippen molar-refractivity contribution in [2.24, 2.45) is 0 Å². The first-order valence-electron chi connectivity index (χ1n) is 4.51. The van der Waals surface area contributed by atoms with E-state index in [2.05, 4.69) is 4.98 Å². The van der Waals surface area contributed by atoms with Crippen LogP contribution in [0.2, 0.25) is 0 Å². The Morgan fingerprint density at radius 2 is 2.20 bits per heavy atom. The predicted molar refractivity (Wildman–Crippen MR) is 58.4 cm³/mol. The van der Waals surface area contributed by atoms with Crippen molar-refractivity contribution < 1.29 is 9.90 Å². The number of benzene rings is 1. The molecule has 0 atom stereocenters. The molecular formula is C12H9NO2. The van der Waals surface area contributed by atoms with Crippen LogP contribution in [0.15, 0.2) is 42.6 Å². The monoisotopic (exact) mass is 199 g/mol. The number of carboxylic acid groups (broad SMARTS) is 1. The number of hydrogen-bond donors (Lipinski definition) is 1. The Kier molecular flexibility index (Phi) is 2.46. The summed E-state index contributed by atoms with van der Waals surface area (Å²) < 4.78 is 0. The van der Waals surface area contributed by atoms with Gasteiger partial charge in [0.1, 0.15) is 0 Å².